The monoisotopic (exact) mass is 609 g/mol. The van der Waals surface area contributed by atoms with Crippen molar-refractivity contribution in [2.24, 2.45) is 5.92 Å². The van der Waals surface area contributed by atoms with Gasteiger partial charge in [-0.2, -0.15) is 0 Å². The average Bonchev–Trinajstić information content (AvgIpc) is 3.48. The summed E-state index contributed by atoms with van der Waals surface area (Å²) in [6.45, 7) is 0. The van der Waals surface area contributed by atoms with Crippen molar-refractivity contribution in [1.29, 1.82) is 0 Å². The molecule has 1 amide bonds. The number of carbonyl (C=O) groups excluding carboxylic acids is 3. The van der Waals surface area contributed by atoms with E-state index in [4.69, 9.17) is 23.2 Å². The number of hydrogen-bond acceptors (Lipinski definition) is 6. The predicted octanol–water partition coefficient (Wildman–Crippen LogP) is 6.88. The zero-order valence-corrected chi connectivity index (χ0v) is 23.8. The van der Waals surface area contributed by atoms with Crippen LogP contribution in [0.3, 0.4) is 0 Å². The standard InChI is InChI=1S/C33H21Cl2N3O5/c34-20-12-13-23(25(35)17-20)30(40)28-27(29(39)19-7-5-8-21(16-19)38(42)43)33(24-10-3-4-11-26(24)36-32(33)41)31-22-9-2-1-6-18(22)14-15-37(28)31/h1-17,27-28,31H,(H,36,41)/t27-,28+,31+,33+/m1/s1. The first-order chi connectivity index (χ1) is 20.7. The topological polar surface area (TPSA) is 110 Å². The number of nitro benzene ring substituents is 1. The summed E-state index contributed by atoms with van der Waals surface area (Å²) in [6, 6.07) is 22.6. The van der Waals surface area contributed by atoms with Gasteiger partial charge in [0.25, 0.3) is 5.69 Å². The molecular weight excluding hydrogens is 589 g/mol. The van der Waals surface area contributed by atoms with Gasteiger partial charge in [0.2, 0.25) is 5.91 Å². The maximum absolute atomic E-state index is 14.8. The molecule has 212 valence electrons. The molecule has 0 radical (unpaired) electrons. The van der Waals surface area contributed by atoms with Crippen LogP contribution in [-0.2, 0) is 10.2 Å². The van der Waals surface area contributed by atoms with Gasteiger partial charge in [-0.15, -0.1) is 0 Å². The number of halogens is 2. The number of nitrogens with one attached hydrogen (secondary N) is 1. The number of non-ortho nitro benzene ring substituents is 1. The number of anilines is 1. The lowest BCUT2D eigenvalue weighted by molar-refractivity contribution is -0.384. The molecule has 1 saturated heterocycles. The number of para-hydroxylation sites is 1. The summed E-state index contributed by atoms with van der Waals surface area (Å²) in [4.78, 5) is 56.8. The number of carbonyl (C=O) groups is 3. The molecule has 4 aromatic carbocycles. The molecule has 4 atom stereocenters. The summed E-state index contributed by atoms with van der Waals surface area (Å²) in [5.74, 6) is -2.78. The molecule has 3 aliphatic heterocycles. The molecule has 4 aromatic rings. The van der Waals surface area contributed by atoms with E-state index in [1.165, 1.54) is 36.4 Å². The van der Waals surface area contributed by atoms with E-state index < -0.39 is 45.8 Å². The van der Waals surface area contributed by atoms with Gasteiger partial charge < -0.3 is 10.2 Å². The first-order valence-electron chi connectivity index (χ1n) is 13.5. The summed E-state index contributed by atoms with van der Waals surface area (Å²) >= 11 is 12.7. The lowest BCUT2D eigenvalue weighted by Crippen LogP contribution is -2.49. The number of ketones is 2. The highest BCUT2D eigenvalue weighted by Crippen LogP contribution is 2.62. The normalized spacial score (nSPS) is 23.0. The Labute approximate surface area is 255 Å². The van der Waals surface area contributed by atoms with E-state index in [2.05, 4.69) is 5.32 Å². The van der Waals surface area contributed by atoms with Crippen molar-refractivity contribution in [1.82, 2.24) is 4.90 Å². The van der Waals surface area contributed by atoms with Gasteiger partial charge in [-0.05, 0) is 47.0 Å². The van der Waals surface area contributed by atoms with Crippen molar-refractivity contribution in [2.75, 3.05) is 5.32 Å². The first-order valence-corrected chi connectivity index (χ1v) is 14.2. The number of nitrogens with zero attached hydrogens (tertiary/aromatic N) is 2. The zero-order chi connectivity index (χ0) is 30.0. The maximum Gasteiger partial charge on any atom is 0.270 e. The molecule has 0 aliphatic carbocycles. The molecule has 3 aliphatic rings. The van der Waals surface area contributed by atoms with E-state index in [9.17, 15) is 24.5 Å². The Kier molecular flexibility index (Phi) is 6.23. The minimum Gasteiger partial charge on any atom is -0.358 e. The molecule has 1 N–H and O–H groups in total. The summed E-state index contributed by atoms with van der Waals surface area (Å²) in [7, 11) is 0. The third kappa shape index (κ3) is 3.87. The van der Waals surface area contributed by atoms with Crippen LogP contribution in [0.2, 0.25) is 10.0 Å². The largest absolute Gasteiger partial charge is 0.358 e. The summed E-state index contributed by atoms with van der Waals surface area (Å²) in [5.41, 5.74) is 1.04. The number of fused-ring (bicyclic) bond motifs is 6. The van der Waals surface area contributed by atoms with Gasteiger partial charge in [-0.1, -0.05) is 77.8 Å². The van der Waals surface area contributed by atoms with Crippen molar-refractivity contribution in [3.63, 3.8) is 0 Å². The van der Waals surface area contributed by atoms with Gasteiger partial charge in [0.05, 0.1) is 21.9 Å². The molecule has 43 heavy (non-hydrogen) atoms. The molecule has 3 heterocycles. The summed E-state index contributed by atoms with van der Waals surface area (Å²) in [6.07, 6.45) is 3.60. The van der Waals surface area contributed by atoms with E-state index in [-0.39, 0.29) is 21.8 Å². The lowest BCUT2D eigenvalue weighted by Gasteiger charge is -2.38. The number of hydrogen-bond donors (Lipinski definition) is 1. The van der Waals surface area contributed by atoms with Crippen LogP contribution in [0.5, 0.6) is 0 Å². The van der Waals surface area contributed by atoms with Crippen LogP contribution >= 0.6 is 23.2 Å². The van der Waals surface area contributed by atoms with Crippen LogP contribution in [0.25, 0.3) is 6.08 Å². The minimum atomic E-state index is -1.57. The Hall–Kier alpha value is -4.79. The Morgan fingerprint density at radius 1 is 0.907 bits per heavy atom. The van der Waals surface area contributed by atoms with Crippen LogP contribution in [-0.4, -0.2) is 33.3 Å². The van der Waals surface area contributed by atoms with Crippen molar-refractivity contribution >= 4 is 58.1 Å². The zero-order valence-electron chi connectivity index (χ0n) is 22.2. The highest BCUT2D eigenvalue weighted by Gasteiger charge is 2.70. The van der Waals surface area contributed by atoms with Crippen LogP contribution in [0.4, 0.5) is 11.4 Å². The molecule has 0 bridgehead atoms. The number of benzene rings is 4. The maximum atomic E-state index is 14.8. The number of Topliss-reactive ketones (excluding diaryl/α,β-unsaturated/α-hetero) is 2. The van der Waals surface area contributed by atoms with Crippen LogP contribution < -0.4 is 5.32 Å². The molecule has 0 aromatic heterocycles. The second-order valence-electron chi connectivity index (χ2n) is 10.7. The van der Waals surface area contributed by atoms with Gasteiger partial charge in [0.1, 0.15) is 11.5 Å². The Morgan fingerprint density at radius 2 is 1.67 bits per heavy atom. The molecule has 0 unspecified atom stereocenters. The Bertz CT molecular complexity index is 1920. The van der Waals surface area contributed by atoms with E-state index >= 15 is 0 Å². The van der Waals surface area contributed by atoms with Gasteiger partial charge in [0, 0.05) is 40.2 Å². The Morgan fingerprint density at radius 3 is 2.47 bits per heavy atom. The van der Waals surface area contributed by atoms with E-state index in [1.54, 1.807) is 41.4 Å². The van der Waals surface area contributed by atoms with E-state index in [0.717, 1.165) is 11.1 Å². The van der Waals surface area contributed by atoms with Crippen molar-refractivity contribution in [3.05, 3.63) is 145 Å². The smallest absolute Gasteiger partial charge is 0.270 e. The third-order valence-corrected chi connectivity index (χ3v) is 9.21. The number of nitro groups is 1. The van der Waals surface area contributed by atoms with Crippen molar-refractivity contribution < 1.29 is 19.3 Å². The summed E-state index contributed by atoms with van der Waals surface area (Å²) in [5, 5.41) is 15.1. The summed E-state index contributed by atoms with van der Waals surface area (Å²) < 4.78 is 0. The second-order valence-corrected chi connectivity index (χ2v) is 11.6. The fourth-order valence-electron chi connectivity index (χ4n) is 6.97. The first kappa shape index (κ1) is 27.1. The molecule has 10 heteroatoms. The van der Waals surface area contributed by atoms with Gasteiger partial charge in [-0.25, -0.2) is 0 Å². The fourth-order valence-corrected chi connectivity index (χ4v) is 7.47. The van der Waals surface area contributed by atoms with E-state index in [0.29, 0.717) is 16.3 Å². The average molecular weight is 610 g/mol. The molecule has 0 saturated carbocycles. The molecule has 7 rings (SSSR count). The van der Waals surface area contributed by atoms with Crippen molar-refractivity contribution in [2.45, 2.75) is 17.5 Å². The highest BCUT2D eigenvalue weighted by molar-refractivity contribution is 6.37. The SMILES string of the molecule is O=C(c1ccc(Cl)cc1Cl)[C@@H]1[C@H](C(=O)c2cccc([N+](=O)[O-])c2)[C@]2(C(=O)Nc3ccccc32)[C@@H]2c3ccccc3C=CN12. The molecule has 8 nitrogen and oxygen atoms in total. The minimum absolute atomic E-state index is 0.0212. The lowest BCUT2D eigenvalue weighted by atomic mass is 9.62. The fraction of sp³-hybridized carbons (Fsp3) is 0.121. The number of amides is 1. The number of rotatable bonds is 5. The van der Waals surface area contributed by atoms with Crippen molar-refractivity contribution in [3.8, 4) is 0 Å². The molecule has 1 fully saturated rings. The van der Waals surface area contributed by atoms with Gasteiger partial charge >= 0.3 is 0 Å². The quantitative estimate of drug-likeness (QED) is 0.150. The van der Waals surface area contributed by atoms with Gasteiger partial charge in [-0.3, -0.25) is 24.5 Å². The highest BCUT2D eigenvalue weighted by atomic mass is 35.5. The van der Waals surface area contributed by atoms with Crippen LogP contribution in [0, 0.1) is 16.0 Å². The molecule has 1 spiro atoms. The van der Waals surface area contributed by atoms with E-state index in [1.807, 2.05) is 30.3 Å². The van der Waals surface area contributed by atoms with Gasteiger partial charge in [0.15, 0.2) is 11.6 Å². The Balaban J connectivity index is 1.54. The van der Waals surface area contributed by atoms with Crippen LogP contribution in [0.1, 0.15) is 43.4 Å². The van der Waals surface area contributed by atoms with Crippen LogP contribution in [0.15, 0.2) is 97.2 Å². The molecular formula is C33H21Cl2N3O5. The second kappa shape index (κ2) is 9.90. The predicted molar refractivity (Wildman–Crippen MR) is 162 cm³/mol. The third-order valence-electron chi connectivity index (χ3n) is 8.66.